The van der Waals surface area contributed by atoms with E-state index in [0.717, 1.165) is 59.6 Å². The minimum absolute atomic E-state index is 0. The van der Waals surface area contributed by atoms with Crippen molar-refractivity contribution in [3.05, 3.63) is 59.2 Å². The number of carbonyl (C=O) groups excluding carboxylic acids is 1. The molecule has 0 amide bonds. The number of hydrogen-bond donors (Lipinski definition) is 1. The van der Waals surface area contributed by atoms with Gasteiger partial charge in [-0.05, 0) is 148 Å². The fourth-order valence-corrected chi connectivity index (χ4v) is 11.2. The van der Waals surface area contributed by atoms with E-state index in [0.29, 0.717) is 72.1 Å². The van der Waals surface area contributed by atoms with Crippen molar-refractivity contribution in [3.8, 4) is 0 Å². The van der Waals surface area contributed by atoms with Crippen LogP contribution in [0.25, 0.3) is 22.1 Å². The Bertz CT molecular complexity index is 2160. The zero-order valence-corrected chi connectivity index (χ0v) is 38.4. The van der Waals surface area contributed by atoms with Crippen molar-refractivity contribution in [2.45, 2.75) is 160 Å². The molecule has 0 aromatic carbocycles. The number of pyridine rings is 2. The molecule has 63 heavy (non-hydrogen) atoms. The molecule has 0 bridgehead atoms. The normalized spacial score (nSPS) is 25.3. The second kappa shape index (κ2) is 20.9. The molecule has 0 radical (unpaired) electrons. The van der Waals surface area contributed by atoms with Crippen molar-refractivity contribution < 1.29 is 58.7 Å². The summed E-state index contributed by atoms with van der Waals surface area (Å²) in [6.07, 6.45) is 20.4. The van der Waals surface area contributed by atoms with Crippen LogP contribution in [0, 0.1) is 25.7 Å². The summed E-state index contributed by atoms with van der Waals surface area (Å²) in [5, 5.41) is 11.4. The number of carboxylic acid groups (broad SMARTS) is 1. The molecule has 4 aromatic heterocycles. The van der Waals surface area contributed by atoms with Crippen LogP contribution in [0.5, 0.6) is 0 Å². The van der Waals surface area contributed by atoms with Crippen molar-refractivity contribution in [3.63, 3.8) is 0 Å². The number of hydrogen-bond acceptors (Lipinski definition) is 10. The molecular formula is C48H69LiN6O8. The van der Waals surface area contributed by atoms with E-state index < -0.39 is 5.97 Å². The maximum absolute atomic E-state index is 12.7. The number of carboxylic acids is 1. The third-order valence-electron chi connectivity index (χ3n) is 15.0. The molecule has 6 fully saturated rings. The number of nitrogens with zero attached hydrogens (tertiary/aromatic N) is 6. The number of fused-ring (bicyclic) bond motifs is 2. The van der Waals surface area contributed by atoms with Crippen LogP contribution in [0.3, 0.4) is 0 Å². The summed E-state index contributed by atoms with van der Waals surface area (Å²) >= 11 is 0. The van der Waals surface area contributed by atoms with Crippen LogP contribution in [0.15, 0.2) is 36.7 Å². The first-order chi connectivity index (χ1) is 29.1. The van der Waals surface area contributed by atoms with Gasteiger partial charge in [0.1, 0.15) is 11.3 Å². The van der Waals surface area contributed by atoms with Gasteiger partial charge in [0.2, 0.25) is 0 Å². The van der Waals surface area contributed by atoms with Gasteiger partial charge >= 0.3 is 30.8 Å². The van der Waals surface area contributed by atoms with Crippen LogP contribution < -0.4 is 18.9 Å². The van der Waals surface area contributed by atoms with Crippen LogP contribution in [-0.4, -0.2) is 126 Å². The molecular weight excluding hydrogens is 796 g/mol. The molecule has 2 aliphatic heterocycles. The number of aromatic nitrogens is 4. The Morgan fingerprint density at radius 1 is 0.667 bits per heavy atom. The average molecular weight is 865 g/mol. The van der Waals surface area contributed by atoms with Gasteiger partial charge in [-0.2, -0.15) is 0 Å². The van der Waals surface area contributed by atoms with E-state index in [2.05, 4.69) is 42.7 Å². The molecule has 10 rings (SSSR count). The van der Waals surface area contributed by atoms with Gasteiger partial charge in [-0.25, -0.2) is 19.6 Å². The Morgan fingerprint density at radius 2 is 1.06 bits per heavy atom. The van der Waals surface area contributed by atoms with Gasteiger partial charge in [0, 0.05) is 84.9 Å². The van der Waals surface area contributed by atoms with E-state index in [-0.39, 0.29) is 41.8 Å². The fraction of sp³-hybridized carbons (Fsp3) is 0.667. The molecule has 2 atom stereocenters. The maximum atomic E-state index is 12.7. The molecule has 15 heteroatoms. The van der Waals surface area contributed by atoms with Gasteiger partial charge in [-0.3, -0.25) is 9.80 Å². The number of ether oxygens (including phenoxy) is 3. The summed E-state index contributed by atoms with van der Waals surface area (Å²) in [6, 6.07) is 9.55. The molecule has 4 aliphatic carbocycles. The number of carbonyl (C=O) groups is 2. The molecule has 2 saturated heterocycles. The van der Waals surface area contributed by atoms with Crippen LogP contribution >= 0.6 is 0 Å². The van der Waals surface area contributed by atoms with E-state index in [1.807, 2.05) is 51.2 Å². The van der Waals surface area contributed by atoms with E-state index in [9.17, 15) is 14.7 Å². The Kier molecular flexibility index (Phi) is 16.3. The quantitative estimate of drug-likeness (QED) is 0.147. The first-order valence-corrected chi connectivity index (χ1v) is 23.2. The maximum Gasteiger partial charge on any atom is 1.00 e. The van der Waals surface area contributed by atoms with Crippen molar-refractivity contribution in [1.82, 2.24) is 28.9 Å². The van der Waals surface area contributed by atoms with Crippen LogP contribution in [0.4, 0.5) is 0 Å². The van der Waals surface area contributed by atoms with Gasteiger partial charge < -0.3 is 39.4 Å². The van der Waals surface area contributed by atoms with E-state index in [4.69, 9.17) is 14.2 Å². The van der Waals surface area contributed by atoms with Gasteiger partial charge in [-0.15, -0.1) is 0 Å². The molecule has 4 aromatic rings. The topological polar surface area (TPSA) is 186 Å². The summed E-state index contributed by atoms with van der Waals surface area (Å²) in [6.45, 7) is 15.2. The standard InChI is InChI=1S/C25H35N3O3.C23H31N3O3.Li.2H2O/c1-4-30-25(29)23-17(3)28(24-22(23)6-5-13-26-24)16(2)18-7-9-19(10-8-18)27-14-21(15-27)31-20-11-12-20;1-14(26-15(2)21(23(27)28)20-4-3-11-24-22(20)26)16-5-7-17(8-6-16)25-12-19(13-25)29-18-9-10-18;;;/h5-6,13,16,18-21H,4,7-12,14-15H2,1-3H3;3-4,11,14,16-19H,5-10,12-13H2,1-2H3,(H,27,28);;2*1H2/q;;+1;;/p-1/t16-,18?,19?;14-,16?,17?;;;/m11.../s1. The predicted octanol–water partition coefficient (Wildman–Crippen LogP) is 4.53. The second-order valence-electron chi connectivity index (χ2n) is 18.9. The summed E-state index contributed by atoms with van der Waals surface area (Å²) in [5.41, 5.74) is 4.58. The molecule has 0 spiro atoms. The second-order valence-corrected chi connectivity index (χ2v) is 18.9. The smallest absolute Gasteiger partial charge is 0.870 e. The molecule has 4 saturated carbocycles. The first kappa shape index (κ1) is 49.1. The van der Waals surface area contributed by atoms with E-state index in [1.54, 1.807) is 6.20 Å². The monoisotopic (exact) mass is 865 g/mol. The first-order valence-electron chi connectivity index (χ1n) is 23.2. The zero-order chi connectivity index (χ0) is 41.7. The predicted molar refractivity (Wildman–Crippen MR) is 237 cm³/mol. The number of rotatable bonds is 13. The average Bonchev–Trinajstić information content (AvgIpc) is 4.16. The fourth-order valence-electron chi connectivity index (χ4n) is 11.2. The van der Waals surface area contributed by atoms with E-state index in [1.165, 1.54) is 77.0 Å². The number of esters is 1. The van der Waals surface area contributed by atoms with Gasteiger partial charge in [0.05, 0.1) is 42.1 Å². The Labute approximate surface area is 384 Å². The molecule has 4 N–H and O–H groups in total. The van der Waals surface area contributed by atoms with Gasteiger partial charge in [-0.1, -0.05) is 0 Å². The van der Waals surface area contributed by atoms with Crippen molar-refractivity contribution in [1.29, 1.82) is 0 Å². The summed E-state index contributed by atoms with van der Waals surface area (Å²) in [4.78, 5) is 38.9. The third-order valence-corrected chi connectivity index (χ3v) is 15.0. The van der Waals surface area contributed by atoms with Crippen molar-refractivity contribution in [2.24, 2.45) is 11.8 Å². The third kappa shape index (κ3) is 10.2. The largest absolute Gasteiger partial charge is 1.00 e. The zero-order valence-electron chi connectivity index (χ0n) is 38.4. The molecule has 340 valence electrons. The minimum atomic E-state index is -0.865. The van der Waals surface area contributed by atoms with Crippen LogP contribution in [-0.2, 0) is 14.2 Å². The number of aromatic carboxylic acids is 1. The summed E-state index contributed by atoms with van der Waals surface area (Å²) < 4.78 is 21.9. The van der Waals surface area contributed by atoms with Crippen LogP contribution in [0.2, 0.25) is 0 Å². The SMILES string of the molecule is CCOC(=O)c1c(C)n([C@H](C)C2CCC(N3CC(OC4CC4)C3)CC2)c2ncccc12.Cc1c(C(=O)O)c2cccnc2n1[C@H](C)C1CCC(N2CC(OC3CC3)C2)CC1.O.[Li+].[OH-]. The Morgan fingerprint density at radius 3 is 1.44 bits per heavy atom. The Hall–Kier alpha value is -3.32. The molecule has 0 unspecified atom stereocenters. The molecule has 6 aliphatic rings. The molecule has 6 heterocycles. The van der Waals surface area contributed by atoms with E-state index >= 15 is 0 Å². The van der Waals surface area contributed by atoms with Crippen LogP contribution in [0.1, 0.15) is 142 Å². The minimum Gasteiger partial charge on any atom is -0.870 e. The van der Waals surface area contributed by atoms with Crippen molar-refractivity contribution >= 4 is 34.0 Å². The van der Waals surface area contributed by atoms with Gasteiger partial charge in [0.25, 0.3) is 0 Å². The van der Waals surface area contributed by atoms with Gasteiger partial charge in [0.15, 0.2) is 0 Å². The van der Waals surface area contributed by atoms with Crippen molar-refractivity contribution in [2.75, 3.05) is 32.8 Å². The Balaban J connectivity index is 0.000000201. The summed E-state index contributed by atoms with van der Waals surface area (Å²) in [7, 11) is 0. The summed E-state index contributed by atoms with van der Waals surface area (Å²) in [5.74, 6) is 0.0516. The molecule has 14 nitrogen and oxygen atoms in total. The number of likely N-dealkylation sites (tertiary alicyclic amines) is 2.